The summed E-state index contributed by atoms with van der Waals surface area (Å²) in [5.41, 5.74) is 2.42. The third kappa shape index (κ3) is 11.4. The number of ether oxygens (including phenoxy) is 2. The smallest absolute Gasteiger partial charge is 0.744 e. The summed E-state index contributed by atoms with van der Waals surface area (Å²) in [5.74, 6) is 1.43. The van der Waals surface area contributed by atoms with E-state index in [4.69, 9.17) is 9.47 Å². The van der Waals surface area contributed by atoms with Gasteiger partial charge in [-0.15, -0.1) is 0 Å². The minimum absolute atomic E-state index is 0. The molecular formula is C37H43NaO6S2. The standard InChI is InChI=1S/C37H44O6S2.Na/c1-3-5-7-8-9-12-25-43-31-15-13-14-29(26-31)37(38)34-17-11-10-16-33(34)28-18-23-35(36(27-28)45(39,40)41)44-32-21-19-30(20-22-32)42-24-6-4-2;/h10-11,13-23,26-27,37-38H,3-9,12,24-25H2,1-2H3,(H,39,40,41);/q;+1/p-1. The summed E-state index contributed by atoms with van der Waals surface area (Å²) < 4.78 is 49.0. The molecule has 0 saturated carbocycles. The normalized spacial score (nSPS) is 11.9. The third-order valence-corrected chi connectivity index (χ3v) is 9.63. The second kappa shape index (κ2) is 19.5. The zero-order valence-corrected chi connectivity index (χ0v) is 30.7. The Morgan fingerprint density at radius 2 is 1.41 bits per heavy atom. The van der Waals surface area contributed by atoms with E-state index in [0.29, 0.717) is 46.1 Å². The second-order valence-electron chi connectivity index (χ2n) is 11.1. The van der Waals surface area contributed by atoms with E-state index >= 15 is 0 Å². The molecule has 0 aromatic heterocycles. The summed E-state index contributed by atoms with van der Waals surface area (Å²) in [6.07, 6.45) is 8.10. The van der Waals surface area contributed by atoms with E-state index in [1.54, 1.807) is 12.1 Å². The van der Waals surface area contributed by atoms with Crippen LogP contribution < -0.4 is 39.0 Å². The average molecular weight is 671 g/mol. The van der Waals surface area contributed by atoms with Crippen molar-refractivity contribution in [2.24, 2.45) is 0 Å². The predicted molar refractivity (Wildman–Crippen MR) is 180 cm³/mol. The van der Waals surface area contributed by atoms with E-state index in [1.807, 2.05) is 72.8 Å². The molecule has 0 spiro atoms. The quantitative estimate of drug-likeness (QED) is 0.0743. The van der Waals surface area contributed by atoms with Crippen LogP contribution in [0.25, 0.3) is 11.1 Å². The summed E-state index contributed by atoms with van der Waals surface area (Å²) in [7, 11) is -4.79. The van der Waals surface area contributed by atoms with Crippen LogP contribution in [0.3, 0.4) is 0 Å². The van der Waals surface area contributed by atoms with Gasteiger partial charge in [-0.1, -0.05) is 107 Å². The van der Waals surface area contributed by atoms with Gasteiger partial charge >= 0.3 is 29.6 Å². The van der Waals surface area contributed by atoms with Crippen molar-refractivity contribution >= 4 is 21.9 Å². The molecule has 0 radical (unpaired) electrons. The van der Waals surface area contributed by atoms with Crippen LogP contribution in [0.15, 0.2) is 106 Å². The molecule has 4 aromatic rings. The number of hydrogen-bond donors (Lipinski definition) is 1. The molecule has 240 valence electrons. The van der Waals surface area contributed by atoms with Crippen LogP contribution in [0.5, 0.6) is 11.5 Å². The molecule has 0 aliphatic rings. The fraction of sp³-hybridized carbons (Fsp3) is 0.351. The Hall–Kier alpha value is -2.30. The van der Waals surface area contributed by atoms with E-state index < -0.39 is 16.2 Å². The SMILES string of the molecule is CCCCCCCCOc1cccc(C(O)c2ccccc2-c2ccc(Sc3ccc(OCCCC)cc3)c(S(=O)(=O)[O-])c2)c1.[Na+]. The van der Waals surface area contributed by atoms with Crippen molar-refractivity contribution < 1.29 is 57.1 Å². The Bertz CT molecular complexity index is 1610. The molecule has 1 unspecified atom stereocenters. The number of aliphatic hydroxyl groups is 1. The van der Waals surface area contributed by atoms with Crippen LogP contribution in [0.2, 0.25) is 0 Å². The molecule has 1 N–H and O–H groups in total. The number of benzene rings is 4. The van der Waals surface area contributed by atoms with Crippen LogP contribution in [-0.2, 0) is 10.1 Å². The number of unbranched alkanes of at least 4 members (excludes halogenated alkanes) is 6. The van der Waals surface area contributed by atoms with Gasteiger partial charge in [-0.05, 0) is 83.6 Å². The summed E-state index contributed by atoms with van der Waals surface area (Å²) >= 11 is 1.21. The van der Waals surface area contributed by atoms with Gasteiger partial charge in [0.1, 0.15) is 27.7 Å². The Labute approximate surface area is 301 Å². The van der Waals surface area contributed by atoms with Crippen molar-refractivity contribution in [3.63, 3.8) is 0 Å². The maximum absolute atomic E-state index is 12.4. The van der Waals surface area contributed by atoms with Crippen molar-refractivity contribution in [2.45, 2.75) is 86.0 Å². The zero-order valence-electron chi connectivity index (χ0n) is 27.1. The van der Waals surface area contributed by atoms with Gasteiger partial charge in [0.25, 0.3) is 0 Å². The van der Waals surface area contributed by atoms with Crippen molar-refractivity contribution in [3.8, 4) is 22.6 Å². The summed E-state index contributed by atoms with van der Waals surface area (Å²) in [5, 5.41) is 11.5. The molecule has 6 nitrogen and oxygen atoms in total. The van der Waals surface area contributed by atoms with Crippen LogP contribution in [0, 0.1) is 0 Å². The first-order chi connectivity index (χ1) is 21.8. The summed E-state index contributed by atoms with van der Waals surface area (Å²) in [4.78, 5) is 0.814. The van der Waals surface area contributed by atoms with E-state index in [2.05, 4.69) is 13.8 Å². The van der Waals surface area contributed by atoms with Crippen molar-refractivity contribution in [2.75, 3.05) is 13.2 Å². The molecule has 0 amide bonds. The van der Waals surface area contributed by atoms with Crippen LogP contribution in [-0.4, -0.2) is 31.3 Å². The van der Waals surface area contributed by atoms with Crippen LogP contribution in [0.1, 0.15) is 82.4 Å². The third-order valence-electron chi connectivity index (χ3n) is 7.54. The molecule has 0 aliphatic carbocycles. The largest absolute Gasteiger partial charge is 1.00 e. The molecule has 0 fully saturated rings. The monoisotopic (exact) mass is 670 g/mol. The van der Waals surface area contributed by atoms with Crippen LogP contribution >= 0.6 is 11.8 Å². The van der Waals surface area contributed by atoms with Gasteiger partial charge < -0.3 is 19.1 Å². The van der Waals surface area contributed by atoms with Gasteiger partial charge in [0.15, 0.2) is 0 Å². The van der Waals surface area contributed by atoms with Crippen molar-refractivity contribution in [3.05, 3.63) is 102 Å². The molecule has 0 heterocycles. The van der Waals surface area contributed by atoms with E-state index in [0.717, 1.165) is 36.3 Å². The van der Waals surface area contributed by atoms with Gasteiger partial charge in [0, 0.05) is 9.79 Å². The fourth-order valence-corrected chi connectivity index (χ4v) is 6.88. The van der Waals surface area contributed by atoms with Gasteiger partial charge in [-0.3, -0.25) is 0 Å². The minimum Gasteiger partial charge on any atom is -0.744 e. The maximum atomic E-state index is 12.4. The van der Waals surface area contributed by atoms with Gasteiger partial charge in [-0.2, -0.15) is 0 Å². The van der Waals surface area contributed by atoms with Gasteiger partial charge in [0.2, 0.25) is 0 Å². The first kappa shape index (κ1) is 38.2. The minimum atomic E-state index is -4.79. The van der Waals surface area contributed by atoms with E-state index in [1.165, 1.54) is 43.5 Å². The topological polar surface area (TPSA) is 95.9 Å². The molecular weight excluding hydrogens is 628 g/mol. The Morgan fingerprint density at radius 1 is 0.739 bits per heavy atom. The Morgan fingerprint density at radius 3 is 2.15 bits per heavy atom. The van der Waals surface area contributed by atoms with Crippen LogP contribution in [0.4, 0.5) is 0 Å². The molecule has 46 heavy (non-hydrogen) atoms. The average Bonchev–Trinajstić information content (AvgIpc) is 3.05. The first-order valence-electron chi connectivity index (χ1n) is 15.8. The molecule has 4 rings (SSSR count). The van der Waals surface area contributed by atoms with Crippen molar-refractivity contribution in [1.29, 1.82) is 0 Å². The summed E-state index contributed by atoms with van der Waals surface area (Å²) in [6, 6.07) is 26.9. The van der Waals surface area contributed by atoms with Crippen molar-refractivity contribution in [1.82, 2.24) is 0 Å². The summed E-state index contributed by atoms with van der Waals surface area (Å²) in [6.45, 7) is 5.57. The number of rotatable bonds is 18. The molecule has 0 saturated heterocycles. The first-order valence-corrected chi connectivity index (χ1v) is 18.0. The number of aliphatic hydroxyl groups excluding tert-OH is 1. The predicted octanol–water partition coefficient (Wildman–Crippen LogP) is 6.41. The van der Waals surface area contributed by atoms with Gasteiger partial charge in [0.05, 0.1) is 18.1 Å². The fourth-order valence-electron chi connectivity index (χ4n) is 5.05. The number of hydrogen-bond acceptors (Lipinski definition) is 7. The molecule has 0 bridgehead atoms. The van der Waals surface area contributed by atoms with E-state index in [-0.39, 0.29) is 34.5 Å². The molecule has 4 aromatic carbocycles. The maximum Gasteiger partial charge on any atom is 1.00 e. The Balaban J connectivity index is 0.00000576. The zero-order chi connectivity index (χ0) is 32.1. The Kier molecular flexibility index (Phi) is 16.2. The molecule has 0 aliphatic heterocycles. The second-order valence-corrected chi connectivity index (χ2v) is 13.5. The van der Waals surface area contributed by atoms with Gasteiger partial charge in [-0.25, -0.2) is 8.42 Å². The molecule has 1 atom stereocenters. The van der Waals surface area contributed by atoms with E-state index in [9.17, 15) is 18.1 Å². The molecule has 9 heteroatoms.